The van der Waals surface area contributed by atoms with E-state index in [2.05, 4.69) is 15.6 Å². The average molecular weight is 386 g/mol. The fourth-order valence-corrected chi connectivity index (χ4v) is 2.33. The van der Waals surface area contributed by atoms with Crippen LogP contribution in [0.1, 0.15) is 18.4 Å². The first-order valence-electron chi connectivity index (χ1n) is 8.74. The Morgan fingerprint density at radius 3 is 2.63 bits per heavy atom. The Bertz CT molecular complexity index is 660. The molecule has 150 valence electrons. The molecule has 0 radical (unpaired) electrons. The van der Waals surface area contributed by atoms with E-state index in [1.54, 1.807) is 0 Å². The maximum Gasteiger partial charge on any atom is 0.406 e. The van der Waals surface area contributed by atoms with Gasteiger partial charge in [0.05, 0.1) is 13.2 Å². The molecule has 0 aromatic heterocycles. The summed E-state index contributed by atoms with van der Waals surface area (Å²) >= 11 is 0. The number of nitrogens with zero attached hydrogens (tertiary/aromatic N) is 2. The van der Waals surface area contributed by atoms with E-state index >= 15 is 0 Å². The number of aliphatic imine (C=N–C) groups is 1. The number of likely N-dealkylation sites (N-methyl/N-ethyl adjacent to an activating group) is 1. The molecule has 1 amide bonds. The number of alkyl halides is 3. The van der Waals surface area contributed by atoms with E-state index in [0.717, 1.165) is 18.4 Å². The number of hydrogen-bond donors (Lipinski definition) is 2. The number of rotatable bonds is 8. The van der Waals surface area contributed by atoms with Gasteiger partial charge in [-0.05, 0) is 24.8 Å². The number of benzene rings is 1. The van der Waals surface area contributed by atoms with Gasteiger partial charge in [0.25, 0.3) is 0 Å². The average Bonchev–Trinajstić information content (AvgIpc) is 3.43. The lowest BCUT2D eigenvalue weighted by atomic mass is 10.2. The van der Waals surface area contributed by atoms with Gasteiger partial charge in [-0.1, -0.05) is 18.2 Å². The second-order valence-corrected chi connectivity index (χ2v) is 6.51. The fourth-order valence-electron chi connectivity index (χ4n) is 2.33. The summed E-state index contributed by atoms with van der Waals surface area (Å²) in [5, 5.41) is 5.76. The monoisotopic (exact) mass is 386 g/mol. The molecule has 27 heavy (non-hydrogen) atoms. The lowest BCUT2D eigenvalue weighted by Crippen LogP contribution is -2.45. The van der Waals surface area contributed by atoms with Crippen molar-refractivity contribution in [3.63, 3.8) is 0 Å². The number of amides is 1. The highest BCUT2D eigenvalue weighted by Gasteiger charge is 2.31. The molecular formula is C18H25F3N4O2. The van der Waals surface area contributed by atoms with Crippen LogP contribution in [-0.4, -0.2) is 56.7 Å². The topological polar surface area (TPSA) is 66.0 Å². The van der Waals surface area contributed by atoms with E-state index in [1.165, 1.54) is 19.9 Å². The van der Waals surface area contributed by atoms with Gasteiger partial charge in [0.1, 0.15) is 12.3 Å². The summed E-state index contributed by atoms with van der Waals surface area (Å²) in [6.07, 6.45) is -2.02. The first-order chi connectivity index (χ1) is 12.8. The molecule has 0 saturated heterocycles. The van der Waals surface area contributed by atoms with Crippen LogP contribution in [0, 0.1) is 5.92 Å². The van der Waals surface area contributed by atoms with Crippen LogP contribution in [0.25, 0.3) is 0 Å². The van der Waals surface area contributed by atoms with Crippen molar-refractivity contribution in [2.75, 3.05) is 33.8 Å². The number of carbonyl (C=O) groups excluding carboxylic acids is 1. The lowest BCUT2D eigenvalue weighted by molar-refractivity contribution is -0.157. The maximum absolute atomic E-state index is 12.3. The Morgan fingerprint density at radius 1 is 1.30 bits per heavy atom. The van der Waals surface area contributed by atoms with Crippen LogP contribution in [0.15, 0.2) is 29.3 Å². The normalized spacial score (nSPS) is 14.6. The molecule has 0 atom stereocenters. The molecule has 1 aromatic rings. The molecule has 0 unspecified atom stereocenters. The Hall–Kier alpha value is -2.45. The molecule has 1 aliphatic rings. The van der Waals surface area contributed by atoms with Crippen LogP contribution >= 0.6 is 0 Å². The third kappa shape index (κ3) is 7.76. The molecule has 0 bridgehead atoms. The second kappa shape index (κ2) is 9.48. The molecule has 0 heterocycles. The zero-order valence-corrected chi connectivity index (χ0v) is 15.5. The van der Waals surface area contributed by atoms with Crippen molar-refractivity contribution in [1.29, 1.82) is 0 Å². The van der Waals surface area contributed by atoms with Crippen molar-refractivity contribution in [2.45, 2.75) is 25.6 Å². The van der Waals surface area contributed by atoms with E-state index in [4.69, 9.17) is 4.74 Å². The van der Waals surface area contributed by atoms with E-state index in [-0.39, 0.29) is 6.54 Å². The van der Waals surface area contributed by atoms with Crippen LogP contribution in [0.4, 0.5) is 13.2 Å². The lowest BCUT2D eigenvalue weighted by Gasteiger charge is -2.20. The number of ether oxygens (including phenoxy) is 1. The molecule has 6 nitrogen and oxygen atoms in total. The van der Waals surface area contributed by atoms with E-state index in [0.29, 0.717) is 29.9 Å². The second-order valence-electron chi connectivity index (χ2n) is 6.51. The van der Waals surface area contributed by atoms with Gasteiger partial charge in [-0.2, -0.15) is 13.2 Å². The van der Waals surface area contributed by atoms with E-state index in [1.807, 2.05) is 24.3 Å². The molecular weight excluding hydrogens is 361 g/mol. The molecule has 1 aromatic carbocycles. The van der Waals surface area contributed by atoms with Gasteiger partial charge in [-0.25, -0.2) is 0 Å². The quantitative estimate of drug-likeness (QED) is 0.531. The fraction of sp³-hybridized carbons (Fsp3) is 0.556. The highest BCUT2D eigenvalue weighted by Crippen LogP contribution is 2.30. The summed E-state index contributed by atoms with van der Waals surface area (Å²) in [6.45, 7) is -0.464. The largest absolute Gasteiger partial charge is 0.493 e. The molecule has 1 saturated carbocycles. The summed E-state index contributed by atoms with van der Waals surface area (Å²) in [5.41, 5.74) is 0.932. The van der Waals surface area contributed by atoms with E-state index < -0.39 is 18.6 Å². The third-order valence-corrected chi connectivity index (χ3v) is 4.06. The van der Waals surface area contributed by atoms with Gasteiger partial charge < -0.3 is 20.3 Å². The van der Waals surface area contributed by atoms with Crippen molar-refractivity contribution in [3.05, 3.63) is 29.8 Å². The number of guanidine groups is 1. The standard InChI is InChI=1S/C18H25F3N4O2/c1-22-17(24-10-16(26)25(2)12-18(19,20)21)23-9-14-5-3-4-6-15(14)27-11-13-7-8-13/h3-6,13H,7-12H2,1-2H3,(H2,22,23,24). The molecule has 2 rings (SSSR count). The summed E-state index contributed by atoms with van der Waals surface area (Å²) in [6, 6.07) is 7.61. The number of para-hydroxylation sites is 1. The predicted molar refractivity (Wildman–Crippen MR) is 96.6 cm³/mol. The number of halogens is 3. The molecule has 1 aliphatic carbocycles. The first kappa shape index (κ1) is 20.9. The predicted octanol–water partition coefficient (Wildman–Crippen LogP) is 2.16. The molecule has 1 fully saturated rings. The van der Waals surface area contributed by atoms with Crippen molar-refractivity contribution in [1.82, 2.24) is 15.5 Å². The van der Waals surface area contributed by atoms with Crippen LogP contribution in [-0.2, 0) is 11.3 Å². The Kier molecular flexibility index (Phi) is 7.32. The Labute approximate surface area is 156 Å². The minimum absolute atomic E-state index is 0.286. The zero-order chi connectivity index (χ0) is 19.9. The molecule has 0 aliphatic heterocycles. The number of nitrogens with one attached hydrogen (secondary N) is 2. The summed E-state index contributed by atoms with van der Waals surface area (Å²) in [4.78, 5) is 16.4. The van der Waals surface area contributed by atoms with Gasteiger partial charge >= 0.3 is 6.18 Å². The van der Waals surface area contributed by atoms with Crippen LogP contribution in [0.2, 0.25) is 0 Å². The SMILES string of the molecule is CN=C(NCC(=O)N(C)CC(F)(F)F)NCc1ccccc1OCC1CC1. The maximum atomic E-state index is 12.3. The Morgan fingerprint density at radius 2 is 2.00 bits per heavy atom. The van der Waals surface area contributed by atoms with Crippen LogP contribution in [0.3, 0.4) is 0 Å². The molecule has 9 heteroatoms. The zero-order valence-electron chi connectivity index (χ0n) is 15.5. The smallest absolute Gasteiger partial charge is 0.406 e. The summed E-state index contributed by atoms with van der Waals surface area (Å²) < 4.78 is 42.8. The highest BCUT2D eigenvalue weighted by atomic mass is 19.4. The first-order valence-corrected chi connectivity index (χ1v) is 8.74. The number of carbonyl (C=O) groups is 1. The van der Waals surface area contributed by atoms with Gasteiger partial charge in [0.2, 0.25) is 5.91 Å². The van der Waals surface area contributed by atoms with Crippen molar-refractivity contribution >= 4 is 11.9 Å². The minimum atomic E-state index is -4.42. The summed E-state index contributed by atoms with van der Waals surface area (Å²) in [5.74, 6) is 1.07. The van der Waals surface area contributed by atoms with Crippen molar-refractivity contribution in [3.8, 4) is 5.75 Å². The van der Waals surface area contributed by atoms with Gasteiger partial charge in [0, 0.05) is 26.2 Å². The van der Waals surface area contributed by atoms with Gasteiger partial charge in [-0.3, -0.25) is 9.79 Å². The number of hydrogen-bond acceptors (Lipinski definition) is 3. The highest BCUT2D eigenvalue weighted by molar-refractivity contribution is 5.86. The van der Waals surface area contributed by atoms with Crippen LogP contribution in [0.5, 0.6) is 5.75 Å². The summed E-state index contributed by atoms with van der Waals surface area (Å²) in [7, 11) is 2.63. The molecule has 2 N–H and O–H groups in total. The van der Waals surface area contributed by atoms with Gasteiger partial charge in [0.15, 0.2) is 5.96 Å². The van der Waals surface area contributed by atoms with Gasteiger partial charge in [-0.15, -0.1) is 0 Å². The minimum Gasteiger partial charge on any atom is -0.493 e. The van der Waals surface area contributed by atoms with Crippen molar-refractivity contribution < 1.29 is 22.7 Å². The van der Waals surface area contributed by atoms with E-state index in [9.17, 15) is 18.0 Å². The Balaban J connectivity index is 1.81. The van der Waals surface area contributed by atoms with Crippen molar-refractivity contribution in [2.24, 2.45) is 10.9 Å². The third-order valence-electron chi connectivity index (χ3n) is 4.06. The van der Waals surface area contributed by atoms with Crippen LogP contribution < -0.4 is 15.4 Å². The molecule has 0 spiro atoms.